The molecule has 1 fully saturated rings. The summed E-state index contributed by atoms with van der Waals surface area (Å²) in [7, 11) is 3.07. The van der Waals surface area contributed by atoms with Gasteiger partial charge in [0.25, 0.3) is 5.91 Å². The van der Waals surface area contributed by atoms with Gasteiger partial charge in [-0.05, 0) is 18.2 Å². The number of carbonyl (C=O) groups excluding carboxylic acids is 2. The first-order valence-corrected chi connectivity index (χ1v) is 7.15. The summed E-state index contributed by atoms with van der Waals surface area (Å²) in [5.74, 6) is 0.129. The molecule has 1 unspecified atom stereocenters. The molecule has 1 aliphatic rings. The van der Waals surface area contributed by atoms with Crippen molar-refractivity contribution < 1.29 is 19.1 Å². The van der Waals surface area contributed by atoms with E-state index in [4.69, 9.17) is 9.47 Å². The van der Waals surface area contributed by atoms with Gasteiger partial charge in [0.15, 0.2) is 0 Å². The SMILES string of the molecule is CNC(=O)c1ccc(OC)c(NC(=O)CC2COCCN2)c1.Cl. The second-order valence-corrected chi connectivity index (χ2v) is 4.97. The van der Waals surface area contributed by atoms with Gasteiger partial charge in [-0.2, -0.15) is 0 Å². The Morgan fingerprint density at radius 3 is 2.83 bits per heavy atom. The van der Waals surface area contributed by atoms with E-state index in [-0.39, 0.29) is 30.3 Å². The molecule has 1 aromatic rings. The highest BCUT2D eigenvalue weighted by Crippen LogP contribution is 2.25. The maximum absolute atomic E-state index is 12.1. The molecule has 0 aliphatic carbocycles. The van der Waals surface area contributed by atoms with E-state index in [1.165, 1.54) is 7.11 Å². The third-order valence-corrected chi connectivity index (χ3v) is 3.39. The van der Waals surface area contributed by atoms with E-state index in [9.17, 15) is 9.59 Å². The molecule has 2 rings (SSSR count). The van der Waals surface area contributed by atoms with Crippen molar-refractivity contribution in [2.45, 2.75) is 12.5 Å². The Kier molecular flexibility index (Phi) is 7.80. The Bertz CT molecular complexity index is 548. The number of hydrogen-bond acceptors (Lipinski definition) is 5. The standard InChI is InChI=1S/C15H21N3O4.ClH/c1-16-15(20)10-3-4-13(21-2)12(7-10)18-14(19)8-11-9-22-6-5-17-11;/h3-4,7,11,17H,5-6,8-9H2,1-2H3,(H,16,20)(H,18,19);1H. The number of amides is 2. The topological polar surface area (TPSA) is 88.7 Å². The van der Waals surface area contributed by atoms with Crippen LogP contribution in [-0.2, 0) is 9.53 Å². The number of halogens is 1. The normalized spacial score (nSPS) is 16.9. The Morgan fingerprint density at radius 1 is 1.43 bits per heavy atom. The van der Waals surface area contributed by atoms with Gasteiger partial charge in [0.1, 0.15) is 5.75 Å². The first-order valence-electron chi connectivity index (χ1n) is 7.15. The van der Waals surface area contributed by atoms with Crippen LogP contribution in [0.1, 0.15) is 16.8 Å². The molecule has 1 aromatic carbocycles. The first kappa shape index (κ1) is 19.2. The number of morpholine rings is 1. The number of methoxy groups -OCH3 is 1. The molecule has 0 spiro atoms. The quantitative estimate of drug-likeness (QED) is 0.735. The molecule has 8 heteroatoms. The number of carbonyl (C=O) groups is 2. The predicted molar refractivity (Wildman–Crippen MR) is 89.5 cm³/mol. The third kappa shape index (κ3) is 5.38. The van der Waals surface area contributed by atoms with E-state index >= 15 is 0 Å². The van der Waals surface area contributed by atoms with Gasteiger partial charge in [0, 0.05) is 31.6 Å². The first-order chi connectivity index (χ1) is 10.6. The minimum Gasteiger partial charge on any atom is -0.495 e. The van der Waals surface area contributed by atoms with Crippen LogP contribution in [0, 0.1) is 0 Å². The number of anilines is 1. The van der Waals surface area contributed by atoms with Crippen LogP contribution in [0.15, 0.2) is 18.2 Å². The highest BCUT2D eigenvalue weighted by atomic mass is 35.5. The number of hydrogen-bond donors (Lipinski definition) is 3. The van der Waals surface area contributed by atoms with Crippen molar-refractivity contribution >= 4 is 29.9 Å². The molecule has 23 heavy (non-hydrogen) atoms. The average Bonchev–Trinajstić information content (AvgIpc) is 2.54. The van der Waals surface area contributed by atoms with Crippen LogP contribution in [0.4, 0.5) is 5.69 Å². The fraction of sp³-hybridized carbons (Fsp3) is 0.467. The summed E-state index contributed by atoms with van der Waals surface area (Å²) < 4.78 is 10.5. The molecule has 128 valence electrons. The maximum Gasteiger partial charge on any atom is 0.251 e. The Labute approximate surface area is 141 Å². The van der Waals surface area contributed by atoms with Gasteiger partial charge in [-0.3, -0.25) is 9.59 Å². The lowest BCUT2D eigenvalue weighted by atomic mass is 10.1. The Hall–Kier alpha value is -1.83. The fourth-order valence-electron chi connectivity index (χ4n) is 2.27. The molecule has 0 bridgehead atoms. The minimum absolute atomic E-state index is 0. The molecule has 0 aromatic heterocycles. The molecule has 1 atom stereocenters. The van der Waals surface area contributed by atoms with Crippen LogP contribution in [0.3, 0.4) is 0 Å². The molecule has 1 heterocycles. The second-order valence-electron chi connectivity index (χ2n) is 4.97. The van der Waals surface area contributed by atoms with E-state index in [1.54, 1.807) is 25.2 Å². The van der Waals surface area contributed by atoms with Crippen molar-refractivity contribution in [3.05, 3.63) is 23.8 Å². The number of rotatable bonds is 5. The zero-order valence-corrected chi connectivity index (χ0v) is 14.0. The molecular weight excluding hydrogens is 322 g/mol. The molecular formula is C15H22ClN3O4. The minimum atomic E-state index is -0.222. The van der Waals surface area contributed by atoms with Crippen molar-refractivity contribution in [1.29, 1.82) is 0 Å². The van der Waals surface area contributed by atoms with E-state index in [0.29, 0.717) is 36.6 Å². The summed E-state index contributed by atoms with van der Waals surface area (Å²) in [6, 6.07) is 4.90. The van der Waals surface area contributed by atoms with Crippen LogP contribution in [0.2, 0.25) is 0 Å². The van der Waals surface area contributed by atoms with Crippen LogP contribution >= 0.6 is 12.4 Å². The molecule has 7 nitrogen and oxygen atoms in total. The smallest absolute Gasteiger partial charge is 0.251 e. The Balaban J connectivity index is 0.00000264. The van der Waals surface area contributed by atoms with Gasteiger partial charge >= 0.3 is 0 Å². The zero-order chi connectivity index (χ0) is 15.9. The summed E-state index contributed by atoms with van der Waals surface area (Å²) in [5.41, 5.74) is 0.933. The van der Waals surface area contributed by atoms with Crippen LogP contribution in [0.5, 0.6) is 5.75 Å². The van der Waals surface area contributed by atoms with Gasteiger partial charge < -0.3 is 25.4 Å². The van der Waals surface area contributed by atoms with Gasteiger partial charge in [-0.15, -0.1) is 12.4 Å². The molecule has 0 radical (unpaired) electrons. The van der Waals surface area contributed by atoms with Crippen molar-refractivity contribution in [1.82, 2.24) is 10.6 Å². The molecule has 3 N–H and O–H groups in total. The maximum atomic E-state index is 12.1. The lowest BCUT2D eigenvalue weighted by molar-refractivity contribution is -0.117. The summed E-state index contributed by atoms with van der Waals surface area (Å²) in [4.78, 5) is 23.8. The van der Waals surface area contributed by atoms with Crippen LogP contribution < -0.4 is 20.7 Å². The molecule has 2 amide bonds. The zero-order valence-electron chi connectivity index (χ0n) is 13.2. The number of nitrogens with one attached hydrogen (secondary N) is 3. The second kappa shape index (κ2) is 9.34. The molecule has 0 saturated carbocycles. The van der Waals surface area contributed by atoms with Crippen LogP contribution in [0.25, 0.3) is 0 Å². The highest BCUT2D eigenvalue weighted by Gasteiger charge is 2.18. The number of benzene rings is 1. The average molecular weight is 344 g/mol. The fourth-order valence-corrected chi connectivity index (χ4v) is 2.27. The third-order valence-electron chi connectivity index (χ3n) is 3.39. The van der Waals surface area contributed by atoms with Gasteiger partial charge in [-0.25, -0.2) is 0 Å². The summed E-state index contributed by atoms with van der Waals surface area (Å²) in [6.45, 7) is 1.93. The van der Waals surface area contributed by atoms with Crippen molar-refractivity contribution in [3.8, 4) is 5.75 Å². The number of ether oxygens (including phenoxy) is 2. The largest absolute Gasteiger partial charge is 0.495 e. The highest BCUT2D eigenvalue weighted by molar-refractivity contribution is 5.98. The van der Waals surface area contributed by atoms with Crippen LogP contribution in [-0.4, -0.2) is 51.8 Å². The molecule has 1 aliphatic heterocycles. The van der Waals surface area contributed by atoms with Gasteiger partial charge in [-0.1, -0.05) is 0 Å². The van der Waals surface area contributed by atoms with E-state index in [2.05, 4.69) is 16.0 Å². The summed E-state index contributed by atoms with van der Waals surface area (Å²) in [6.07, 6.45) is 0.299. The lowest BCUT2D eigenvalue weighted by Crippen LogP contribution is -2.43. The summed E-state index contributed by atoms with van der Waals surface area (Å²) >= 11 is 0. The van der Waals surface area contributed by atoms with Crippen molar-refractivity contribution in [2.24, 2.45) is 0 Å². The summed E-state index contributed by atoms with van der Waals surface area (Å²) in [5, 5.41) is 8.56. The van der Waals surface area contributed by atoms with Crippen molar-refractivity contribution in [3.63, 3.8) is 0 Å². The van der Waals surface area contributed by atoms with E-state index in [1.807, 2.05) is 0 Å². The predicted octanol–water partition coefficient (Wildman–Crippen LogP) is 0.794. The van der Waals surface area contributed by atoms with E-state index < -0.39 is 0 Å². The lowest BCUT2D eigenvalue weighted by Gasteiger charge is -2.23. The monoisotopic (exact) mass is 343 g/mol. The Morgan fingerprint density at radius 2 is 2.22 bits per heavy atom. The van der Waals surface area contributed by atoms with Crippen molar-refractivity contribution in [2.75, 3.05) is 39.2 Å². The van der Waals surface area contributed by atoms with Gasteiger partial charge in [0.05, 0.1) is 26.0 Å². The van der Waals surface area contributed by atoms with Gasteiger partial charge in [0.2, 0.25) is 5.91 Å². The molecule has 1 saturated heterocycles. The van der Waals surface area contributed by atoms with E-state index in [0.717, 1.165) is 6.54 Å².